The standard InChI is InChI=1S/C28H32F3N5O4/c1-27(2,3)23-17-24(35(4)34-23)33-26(38)32-18-9-11-19(12-10-18)39-20-13-15-36(16-14-20)25(37)21-7-5-6-8-22(21)40-28(29,30)31/h5-12,17,20H,13-16H2,1-4H3,(H2,32,33,38). The van der Waals surface area contributed by atoms with Crippen molar-refractivity contribution < 1.29 is 32.2 Å². The Morgan fingerprint density at radius 3 is 2.23 bits per heavy atom. The third-order valence-electron chi connectivity index (χ3n) is 6.38. The van der Waals surface area contributed by atoms with Gasteiger partial charge < -0.3 is 19.7 Å². The van der Waals surface area contributed by atoms with Crippen LogP contribution in [-0.2, 0) is 12.5 Å². The zero-order chi connectivity index (χ0) is 29.1. The number of nitrogens with zero attached hydrogens (tertiary/aromatic N) is 3. The second-order valence-electron chi connectivity index (χ2n) is 10.5. The van der Waals surface area contributed by atoms with Crippen LogP contribution in [0.3, 0.4) is 0 Å². The van der Waals surface area contributed by atoms with Gasteiger partial charge in [-0.1, -0.05) is 32.9 Å². The first kappa shape index (κ1) is 28.8. The van der Waals surface area contributed by atoms with E-state index in [4.69, 9.17) is 4.74 Å². The fraction of sp³-hybridized carbons (Fsp3) is 0.393. The third kappa shape index (κ3) is 7.45. The number of rotatable bonds is 6. The monoisotopic (exact) mass is 559 g/mol. The number of para-hydroxylation sites is 1. The first-order valence-electron chi connectivity index (χ1n) is 12.8. The number of aryl methyl sites for hydroxylation is 1. The normalized spacial score (nSPS) is 14.5. The topological polar surface area (TPSA) is 97.7 Å². The van der Waals surface area contributed by atoms with Gasteiger partial charge in [-0.25, -0.2) is 4.79 Å². The zero-order valence-electron chi connectivity index (χ0n) is 22.7. The molecule has 1 aliphatic heterocycles. The third-order valence-corrected chi connectivity index (χ3v) is 6.38. The first-order chi connectivity index (χ1) is 18.8. The second kappa shape index (κ2) is 11.5. The van der Waals surface area contributed by atoms with Gasteiger partial charge in [0, 0.05) is 50.1 Å². The highest BCUT2D eigenvalue weighted by atomic mass is 19.4. The van der Waals surface area contributed by atoms with Crippen molar-refractivity contribution in [3.05, 3.63) is 65.9 Å². The number of likely N-dealkylation sites (tertiary alicyclic amines) is 1. The van der Waals surface area contributed by atoms with E-state index in [1.807, 2.05) is 26.8 Å². The highest BCUT2D eigenvalue weighted by Gasteiger charge is 2.34. The number of carbonyl (C=O) groups is 2. The van der Waals surface area contributed by atoms with Crippen molar-refractivity contribution in [1.82, 2.24) is 14.7 Å². The van der Waals surface area contributed by atoms with Crippen LogP contribution in [0.5, 0.6) is 11.5 Å². The van der Waals surface area contributed by atoms with Crippen LogP contribution in [0.15, 0.2) is 54.6 Å². The zero-order valence-corrected chi connectivity index (χ0v) is 22.7. The minimum Gasteiger partial charge on any atom is -0.490 e. The number of nitrogens with one attached hydrogen (secondary N) is 2. The summed E-state index contributed by atoms with van der Waals surface area (Å²) in [5, 5.41) is 10.0. The van der Waals surface area contributed by atoms with E-state index in [9.17, 15) is 22.8 Å². The van der Waals surface area contributed by atoms with Gasteiger partial charge in [-0.3, -0.25) is 14.8 Å². The van der Waals surface area contributed by atoms with Crippen LogP contribution in [0, 0.1) is 0 Å². The fourth-order valence-electron chi connectivity index (χ4n) is 4.24. The van der Waals surface area contributed by atoms with E-state index in [-0.39, 0.29) is 17.1 Å². The number of anilines is 2. The van der Waals surface area contributed by atoms with Gasteiger partial charge >= 0.3 is 12.4 Å². The molecule has 2 aromatic carbocycles. The number of urea groups is 1. The van der Waals surface area contributed by atoms with Crippen molar-refractivity contribution in [3.8, 4) is 11.5 Å². The predicted molar refractivity (Wildman–Crippen MR) is 144 cm³/mol. The van der Waals surface area contributed by atoms with Gasteiger partial charge in [-0.2, -0.15) is 5.10 Å². The van der Waals surface area contributed by atoms with Crippen LogP contribution in [0.2, 0.25) is 0 Å². The molecule has 0 spiro atoms. The van der Waals surface area contributed by atoms with E-state index in [2.05, 4.69) is 20.5 Å². The Morgan fingerprint density at radius 1 is 0.975 bits per heavy atom. The SMILES string of the molecule is Cn1nc(C(C)(C)C)cc1NC(=O)Nc1ccc(OC2CCN(C(=O)c3ccccc3OC(F)(F)F)CC2)cc1. The van der Waals surface area contributed by atoms with E-state index < -0.39 is 24.1 Å². The van der Waals surface area contributed by atoms with Crippen LogP contribution >= 0.6 is 0 Å². The maximum atomic E-state index is 12.9. The summed E-state index contributed by atoms with van der Waals surface area (Å²) in [7, 11) is 1.76. The molecule has 0 unspecified atom stereocenters. The molecule has 3 amide bonds. The van der Waals surface area contributed by atoms with Crippen LogP contribution in [-0.4, -0.2) is 52.2 Å². The summed E-state index contributed by atoms with van der Waals surface area (Å²) in [6, 6.07) is 13.7. The number of halogens is 3. The average molecular weight is 560 g/mol. The van der Waals surface area contributed by atoms with Crippen LogP contribution in [0.4, 0.5) is 29.5 Å². The Hall–Kier alpha value is -4.22. The predicted octanol–water partition coefficient (Wildman–Crippen LogP) is 5.94. The molecule has 9 nitrogen and oxygen atoms in total. The van der Waals surface area contributed by atoms with Gasteiger partial charge in [0.15, 0.2) is 0 Å². The molecule has 0 radical (unpaired) electrons. The molecule has 0 aliphatic carbocycles. The smallest absolute Gasteiger partial charge is 0.490 e. The summed E-state index contributed by atoms with van der Waals surface area (Å²) in [6.07, 6.45) is -4.04. The molecule has 0 atom stereocenters. The van der Waals surface area contributed by atoms with Crippen LogP contribution < -0.4 is 20.1 Å². The van der Waals surface area contributed by atoms with E-state index >= 15 is 0 Å². The van der Waals surface area contributed by atoms with E-state index in [0.29, 0.717) is 43.2 Å². The van der Waals surface area contributed by atoms with Crippen molar-refractivity contribution in [3.63, 3.8) is 0 Å². The lowest BCUT2D eigenvalue weighted by molar-refractivity contribution is -0.274. The van der Waals surface area contributed by atoms with Gasteiger partial charge in [0.05, 0.1) is 11.3 Å². The lowest BCUT2D eigenvalue weighted by Gasteiger charge is -2.32. The molecule has 40 heavy (non-hydrogen) atoms. The lowest BCUT2D eigenvalue weighted by Crippen LogP contribution is -2.42. The van der Waals surface area contributed by atoms with E-state index in [0.717, 1.165) is 11.8 Å². The summed E-state index contributed by atoms with van der Waals surface area (Å²) in [5.41, 5.74) is 1.16. The van der Waals surface area contributed by atoms with Gasteiger partial charge in [0.25, 0.3) is 5.91 Å². The van der Waals surface area contributed by atoms with Gasteiger partial charge in [-0.05, 0) is 36.4 Å². The van der Waals surface area contributed by atoms with Crippen molar-refractivity contribution in [1.29, 1.82) is 0 Å². The van der Waals surface area contributed by atoms with Gasteiger partial charge in [-0.15, -0.1) is 13.2 Å². The molecule has 0 saturated carbocycles. The maximum absolute atomic E-state index is 12.9. The molecule has 2 heterocycles. The van der Waals surface area contributed by atoms with E-state index in [1.54, 1.807) is 36.0 Å². The molecule has 1 aliphatic rings. The maximum Gasteiger partial charge on any atom is 0.573 e. The summed E-state index contributed by atoms with van der Waals surface area (Å²) in [4.78, 5) is 26.8. The molecule has 1 aromatic heterocycles. The number of hydrogen-bond donors (Lipinski definition) is 2. The number of alkyl halides is 3. The van der Waals surface area contributed by atoms with Crippen molar-refractivity contribution in [2.45, 2.75) is 51.5 Å². The number of carbonyl (C=O) groups excluding carboxylic acids is 2. The molecule has 12 heteroatoms. The molecule has 1 saturated heterocycles. The minimum atomic E-state index is -4.89. The second-order valence-corrected chi connectivity index (χ2v) is 10.5. The molecule has 2 N–H and O–H groups in total. The number of ether oxygens (including phenoxy) is 2. The Morgan fingerprint density at radius 2 is 1.62 bits per heavy atom. The number of hydrogen-bond acceptors (Lipinski definition) is 5. The Bertz CT molecular complexity index is 1340. The molecular weight excluding hydrogens is 527 g/mol. The quantitative estimate of drug-likeness (QED) is 0.389. The number of benzene rings is 2. The molecule has 214 valence electrons. The van der Waals surface area contributed by atoms with Crippen LogP contribution in [0.25, 0.3) is 0 Å². The van der Waals surface area contributed by atoms with Gasteiger partial charge in [0.1, 0.15) is 23.4 Å². The van der Waals surface area contributed by atoms with Crippen molar-refractivity contribution in [2.75, 3.05) is 23.7 Å². The molecule has 0 bridgehead atoms. The number of aromatic nitrogens is 2. The fourth-order valence-corrected chi connectivity index (χ4v) is 4.24. The Balaban J connectivity index is 1.27. The minimum absolute atomic E-state index is 0.135. The molecule has 3 aromatic rings. The van der Waals surface area contributed by atoms with Crippen molar-refractivity contribution >= 4 is 23.4 Å². The van der Waals surface area contributed by atoms with E-state index in [1.165, 1.54) is 23.1 Å². The molecule has 4 rings (SSSR count). The lowest BCUT2D eigenvalue weighted by atomic mass is 9.92. The molecular formula is C28H32F3N5O4. The highest BCUT2D eigenvalue weighted by Crippen LogP contribution is 2.29. The summed E-state index contributed by atoms with van der Waals surface area (Å²) < 4.78 is 49.8. The first-order valence-corrected chi connectivity index (χ1v) is 12.8. The summed E-state index contributed by atoms with van der Waals surface area (Å²) in [5.74, 6) is 0.133. The summed E-state index contributed by atoms with van der Waals surface area (Å²) >= 11 is 0. The van der Waals surface area contributed by atoms with Gasteiger partial charge in [0.2, 0.25) is 0 Å². The summed E-state index contributed by atoms with van der Waals surface area (Å²) in [6.45, 7) is 6.79. The number of amides is 3. The van der Waals surface area contributed by atoms with Crippen molar-refractivity contribution in [2.24, 2.45) is 7.05 Å². The number of piperidine rings is 1. The van der Waals surface area contributed by atoms with Crippen LogP contribution in [0.1, 0.15) is 49.7 Å². The Kier molecular flexibility index (Phi) is 8.26. The largest absolute Gasteiger partial charge is 0.573 e. The molecule has 1 fully saturated rings. The highest BCUT2D eigenvalue weighted by molar-refractivity contribution is 5.99. The Labute approximate surface area is 230 Å². The average Bonchev–Trinajstić information content (AvgIpc) is 3.25.